The van der Waals surface area contributed by atoms with Crippen molar-refractivity contribution in [3.05, 3.63) is 22.7 Å². The van der Waals surface area contributed by atoms with E-state index in [0.717, 1.165) is 19.3 Å². The van der Waals surface area contributed by atoms with Gasteiger partial charge in [0.25, 0.3) is 0 Å². The van der Waals surface area contributed by atoms with Gasteiger partial charge in [-0.2, -0.15) is 0 Å². The second kappa shape index (κ2) is 5.78. The number of sulfonamides is 1. The fourth-order valence-corrected chi connectivity index (χ4v) is 4.37. The van der Waals surface area contributed by atoms with Crippen LogP contribution in [0.2, 0.25) is 0 Å². The van der Waals surface area contributed by atoms with Crippen LogP contribution >= 0.6 is 15.9 Å². The molecule has 0 saturated heterocycles. The molecule has 0 radical (unpaired) electrons. The largest absolute Gasteiger partial charge is 0.399 e. The number of nitrogen functional groups attached to an aromatic ring is 1. The van der Waals surface area contributed by atoms with E-state index >= 15 is 0 Å². The van der Waals surface area contributed by atoms with Crippen LogP contribution in [0.1, 0.15) is 19.3 Å². The fraction of sp³-hybridized carbons (Fsp3) is 0.500. The summed E-state index contributed by atoms with van der Waals surface area (Å²) in [6.45, 7) is 0.255. The number of halogens is 1. The Hall–Kier alpha value is -0.630. The van der Waals surface area contributed by atoms with Gasteiger partial charge in [0.2, 0.25) is 10.0 Å². The van der Waals surface area contributed by atoms with Crippen molar-refractivity contribution in [2.45, 2.75) is 30.3 Å². The standard InChI is InChI=1S/C12H17BrN2O3S/c13-10-5-4-9(14)6-12(10)19(17,18)15-7-8-2-1-3-11(8)16/h4-6,8,11,15-16H,1-3,7,14H2. The van der Waals surface area contributed by atoms with Crippen molar-refractivity contribution in [1.29, 1.82) is 0 Å². The molecule has 1 aliphatic rings. The van der Waals surface area contributed by atoms with Crippen molar-refractivity contribution in [3.8, 4) is 0 Å². The Balaban J connectivity index is 2.12. The second-order valence-electron chi connectivity index (χ2n) is 4.80. The molecule has 0 bridgehead atoms. The van der Waals surface area contributed by atoms with Crippen LogP contribution in [0.15, 0.2) is 27.6 Å². The topological polar surface area (TPSA) is 92.4 Å². The fourth-order valence-electron chi connectivity index (χ4n) is 2.28. The van der Waals surface area contributed by atoms with Crippen LogP contribution < -0.4 is 10.5 Å². The van der Waals surface area contributed by atoms with Gasteiger partial charge in [0.15, 0.2) is 0 Å². The summed E-state index contributed by atoms with van der Waals surface area (Å²) < 4.78 is 27.4. The Kier molecular flexibility index (Phi) is 4.50. The highest BCUT2D eigenvalue weighted by Gasteiger charge is 2.27. The summed E-state index contributed by atoms with van der Waals surface area (Å²) in [4.78, 5) is 0.125. The van der Waals surface area contributed by atoms with Gasteiger partial charge in [-0.05, 0) is 52.9 Å². The maximum atomic E-state index is 12.2. The zero-order chi connectivity index (χ0) is 14.0. The molecule has 5 nitrogen and oxygen atoms in total. The highest BCUT2D eigenvalue weighted by molar-refractivity contribution is 9.10. The quantitative estimate of drug-likeness (QED) is 0.718. The minimum absolute atomic E-state index is 0.00499. The Bertz CT molecular complexity index is 562. The number of aliphatic hydroxyl groups excluding tert-OH is 1. The lowest BCUT2D eigenvalue weighted by Crippen LogP contribution is -2.32. The predicted molar refractivity (Wildman–Crippen MR) is 77.1 cm³/mol. The third-order valence-corrected chi connectivity index (χ3v) is 5.82. The van der Waals surface area contributed by atoms with E-state index in [1.165, 1.54) is 6.07 Å². The summed E-state index contributed by atoms with van der Waals surface area (Å²) in [7, 11) is -3.61. The van der Waals surface area contributed by atoms with Crippen molar-refractivity contribution in [2.24, 2.45) is 5.92 Å². The van der Waals surface area contributed by atoms with Crippen molar-refractivity contribution in [2.75, 3.05) is 12.3 Å². The van der Waals surface area contributed by atoms with Crippen LogP contribution in [0.25, 0.3) is 0 Å². The summed E-state index contributed by atoms with van der Waals surface area (Å²) in [5, 5.41) is 9.69. The van der Waals surface area contributed by atoms with Gasteiger partial charge in [-0.3, -0.25) is 0 Å². The van der Waals surface area contributed by atoms with E-state index in [1.54, 1.807) is 12.1 Å². The maximum absolute atomic E-state index is 12.2. The molecular formula is C12H17BrN2O3S. The molecule has 0 amide bonds. The number of hydrogen-bond donors (Lipinski definition) is 3. The van der Waals surface area contributed by atoms with E-state index in [1.807, 2.05) is 0 Å². The summed E-state index contributed by atoms with van der Waals surface area (Å²) in [5.41, 5.74) is 6.00. The average molecular weight is 349 g/mol. The maximum Gasteiger partial charge on any atom is 0.241 e. The van der Waals surface area contributed by atoms with Gasteiger partial charge >= 0.3 is 0 Å². The van der Waals surface area contributed by atoms with Crippen LogP contribution in [0.3, 0.4) is 0 Å². The number of nitrogens with two attached hydrogens (primary N) is 1. The molecule has 2 rings (SSSR count). The highest BCUT2D eigenvalue weighted by atomic mass is 79.9. The molecule has 1 aromatic rings. The molecule has 1 saturated carbocycles. The molecule has 0 heterocycles. The Morgan fingerprint density at radius 1 is 1.42 bits per heavy atom. The van der Waals surface area contributed by atoms with E-state index < -0.39 is 16.1 Å². The van der Waals surface area contributed by atoms with Crippen molar-refractivity contribution in [3.63, 3.8) is 0 Å². The van der Waals surface area contributed by atoms with E-state index in [-0.39, 0.29) is 17.4 Å². The molecule has 7 heteroatoms. The van der Waals surface area contributed by atoms with Gasteiger partial charge in [0.05, 0.1) is 11.0 Å². The zero-order valence-electron chi connectivity index (χ0n) is 10.3. The predicted octanol–water partition coefficient (Wildman–Crippen LogP) is 1.47. The number of rotatable bonds is 4. The monoisotopic (exact) mass is 348 g/mol. The van der Waals surface area contributed by atoms with Crippen molar-refractivity contribution < 1.29 is 13.5 Å². The van der Waals surface area contributed by atoms with Crippen LogP contribution in [-0.4, -0.2) is 26.2 Å². The number of benzene rings is 1. The second-order valence-corrected chi connectivity index (χ2v) is 7.39. The molecule has 2 atom stereocenters. The van der Waals surface area contributed by atoms with Crippen LogP contribution in [0, 0.1) is 5.92 Å². The molecule has 106 valence electrons. The van der Waals surface area contributed by atoms with Gasteiger partial charge in [-0.1, -0.05) is 6.42 Å². The molecule has 0 aliphatic heterocycles. The summed E-state index contributed by atoms with van der Waals surface area (Å²) in [6.07, 6.45) is 2.12. The lowest BCUT2D eigenvalue weighted by Gasteiger charge is -2.16. The molecule has 4 N–H and O–H groups in total. The molecule has 2 unspecified atom stereocenters. The van der Waals surface area contributed by atoms with Gasteiger partial charge in [0, 0.05) is 16.7 Å². The van der Waals surface area contributed by atoms with Crippen molar-refractivity contribution >= 4 is 31.6 Å². The van der Waals surface area contributed by atoms with Crippen molar-refractivity contribution in [1.82, 2.24) is 4.72 Å². The first kappa shape index (κ1) is 14.8. The third kappa shape index (κ3) is 3.47. The molecule has 0 spiro atoms. The van der Waals surface area contributed by atoms with Crippen LogP contribution in [-0.2, 0) is 10.0 Å². The third-order valence-electron chi connectivity index (χ3n) is 3.40. The summed E-state index contributed by atoms with van der Waals surface area (Å²) in [5.74, 6) is -0.00499. The lowest BCUT2D eigenvalue weighted by molar-refractivity contribution is 0.134. The average Bonchev–Trinajstić information content (AvgIpc) is 2.75. The number of hydrogen-bond acceptors (Lipinski definition) is 4. The lowest BCUT2D eigenvalue weighted by atomic mass is 10.1. The summed E-state index contributed by atoms with van der Waals surface area (Å²) >= 11 is 3.21. The number of anilines is 1. The smallest absolute Gasteiger partial charge is 0.241 e. The van der Waals surface area contributed by atoms with E-state index in [9.17, 15) is 13.5 Å². The van der Waals surface area contributed by atoms with Gasteiger partial charge < -0.3 is 10.8 Å². The highest BCUT2D eigenvalue weighted by Crippen LogP contribution is 2.27. The van der Waals surface area contributed by atoms with Gasteiger partial charge in [-0.15, -0.1) is 0 Å². The number of aliphatic hydroxyl groups is 1. The Labute approximate surface area is 121 Å². The SMILES string of the molecule is Nc1ccc(Br)c(S(=O)(=O)NCC2CCCC2O)c1. The molecule has 0 aromatic heterocycles. The van der Waals surface area contributed by atoms with E-state index in [4.69, 9.17) is 5.73 Å². The first-order valence-electron chi connectivity index (χ1n) is 6.13. The molecule has 1 fully saturated rings. The van der Waals surface area contributed by atoms with Gasteiger partial charge in [0.1, 0.15) is 0 Å². The molecule has 1 aromatic carbocycles. The Morgan fingerprint density at radius 3 is 2.79 bits per heavy atom. The molecular weight excluding hydrogens is 332 g/mol. The first-order chi connectivity index (χ1) is 8.90. The van der Waals surface area contributed by atoms with E-state index in [2.05, 4.69) is 20.7 Å². The van der Waals surface area contributed by atoms with Crippen LogP contribution in [0.5, 0.6) is 0 Å². The zero-order valence-corrected chi connectivity index (χ0v) is 12.7. The minimum atomic E-state index is -3.61. The Morgan fingerprint density at radius 2 is 2.16 bits per heavy atom. The number of nitrogens with one attached hydrogen (secondary N) is 1. The van der Waals surface area contributed by atoms with Gasteiger partial charge in [-0.25, -0.2) is 13.1 Å². The first-order valence-corrected chi connectivity index (χ1v) is 8.40. The molecule has 1 aliphatic carbocycles. The van der Waals surface area contributed by atoms with E-state index in [0.29, 0.717) is 10.2 Å². The minimum Gasteiger partial charge on any atom is -0.399 e. The van der Waals surface area contributed by atoms with Crippen LogP contribution in [0.4, 0.5) is 5.69 Å². The molecule has 19 heavy (non-hydrogen) atoms. The normalized spacial score (nSPS) is 23.7. The summed E-state index contributed by atoms with van der Waals surface area (Å²) in [6, 6.07) is 4.65.